The molecule has 164 valence electrons. The number of hydrogen-bond donors (Lipinski definition) is 2. The molecule has 1 amide bonds. The number of hydrogen-bond acceptors (Lipinski definition) is 4. The van der Waals surface area contributed by atoms with Crippen LogP contribution in [0.15, 0.2) is 48.5 Å². The van der Waals surface area contributed by atoms with E-state index in [4.69, 9.17) is 9.47 Å². The lowest BCUT2D eigenvalue weighted by Crippen LogP contribution is -2.55. The molecule has 2 N–H and O–H groups in total. The summed E-state index contributed by atoms with van der Waals surface area (Å²) in [6.07, 6.45) is 6.33. The molecular weight excluding hydrogens is 401 g/mol. The van der Waals surface area contributed by atoms with E-state index >= 15 is 0 Å². The van der Waals surface area contributed by atoms with Crippen molar-refractivity contribution in [3.63, 3.8) is 0 Å². The number of aliphatic carboxylic acids is 1. The highest BCUT2D eigenvalue weighted by Gasteiger charge is 2.40. The lowest BCUT2D eigenvalue weighted by atomic mass is 9.81. The quantitative estimate of drug-likeness (QED) is 0.613. The number of rotatable bonds is 8. The van der Waals surface area contributed by atoms with Gasteiger partial charge < -0.3 is 19.9 Å². The predicted octanol–water partition coefficient (Wildman–Crippen LogP) is 4.33. The van der Waals surface area contributed by atoms with E-state index in [2.05, 4.69) is 5.32 Å². The van der Waals surface area contributed by atoms with Gasteiger partial charge in [-0.1, -0.05) is 37.5 Å². The van der Waals surface area contributed by atoms with Crippen LogP contribution in [0.1, 0.15) is 43.2 Å². The fourth-order valence-corrected chi connectivity index (χ4v) is 3.69. The van der Waals surface area contributed by atoms with E-state index in [-0.39, 0.29) is 12.4 Å². The monoisotopic (exact) mass is 427 g/mol. The maximum absolute atomic E-state index is 13.3. The molecule has 2 aromatic carbocycles. The second kappa shape index (κ2) is 10.1. The molecule has 0 atom stereocenters. The SMILES string of the molecule is COc1cc(C=CC(=O)NC2(C(=O)O)CCCCC2)ccc1OCc1cccc(F)c1. The fourth-order valence-electron chi connectivity index (χ4n) is 3.69. The van der Waals surface area contributed by atoms with Crippen LogP contribution in [0.25, 0.3) is 6.08 Å². The molecule has 0 spiro atoms. The fraction of sp³-hybridized carbons (Fsp3) is 0.333. The molecule has 7 heteroatoms. The van der Waals surface area contributed by atoms with Gasteiger partial charge in [0.1, 0.15) is 18.0 Å². The first-order valence-electron chi connectivity index (χ1n) is 10.2. The Morgan fingerprint density at radius 2 is 1.90 bits per heavy atom. The minimum atomic E-state index is -1.19. The highest BCUT2D eigenvalue weighted by molar-refractivity contribution is 5.95. The van der Waals surface area contributed by atoms with E-state index in [9.17, 15) is 19.1 Å². The van der Waals surface area contributed by atoms with Gasteiger partial charge in [0.2, 0.25) is 5.91 Å². The summed E-state index contributed by atoms with van der Waals surface area (Å²) in [7, 11) is 1.50. The van der Waals surface area contributed by atoms with E-state index in [0.717, 1.165) is 19.3 Å². The number of ether oxygens (including phenoxy) is 2. The third-order valence-electron chi connectivity index (χ3n) is 5.38. The maximum Gasteiger partial charge on any atom is 0.329 e. The van der Waals surface area contributed by atoms with E-state index in [0.29, 0.717) is 35.5 Å². The number of carbonyl (C=O) groups is 2. The molecule has 0 aromatic heterocycles. The summed E-state index contributed by atoms with van der Waals surface area (Å²) in [6, 6.07) is 11.3. The van der Waals surface area contributed by atoms with E-state index in [1.54, 1.807) is 36.4 Å². The average molecular weight is 427 g/mol. The zero-order valence-electron chi connectivity index (χ0n) is 17.4. The van der Waals surface area contributed by atoms with Crippen molar-refractivity contribution < 1.29 is 28.6 Å². The van der Waals surface area contributed by atoms with Crippen LogP contribution in [0.5, 0.6) is 11.5 Å². The Balaban J connectivity index is 1.65. The summed E-state index contributed by atoms with van der Waals surface area (Å²) in [6.45, 7) is 0.184. The van der Waals surface area contributed by atoms with E-state index < -0.39 is 17.4 Å². The van der Waals surface area contributed by atoms with Crippen LogP contribution >= 0.6 is 0 Å². The number of halogens is 1. The van der Waals surface area contributed by atoms with Gasteiger partial charge in [-0.05, 0) is 54.3 Å². The van der Waals surface area contributed by atoms with Gasteiger partial charge in [0.15, 0.2) is 11.5 Å². The van der Waals surface area contributed by atoms with Crippen molar-refractivity contribution in [2.24, 2.45) is 0 Å². The number of methoxy groups -OCH3 is 1. The predicted molar refractivity (Wildman–Crippen MR) is 114 cm³/mol. The second-order valence-electron chi connectivity index (χ2n) is 7.60. The Kier molecular flexibility index (Phi) is 7.28. The van der Waals surface area contributed by atoms with Crippen molar-refractivity contribution in [2.75, 3.05) is 7.11 Å². The minimum Gasteiger partial charge on any atom is -0.493 e. The standard InChI is InChI=1S/C24H26FNO5/c1-30-21-15-17(8-10-20(21)31-16-18-6-5-7-19(25)14-18)9-11-22(27)26-24(23(28)29)12-3-2-4-13-24/h5-11,14-15H,2-4,12-13,16H2,1H3,(H,26,27)(H,28,29). The second-order valence-corrected chi connectivity index (χ2v) is 7.60. The van der Waals surface area contributed by atoms with Crippen LogP contribution in [-0.2, 0) is 16.2 Å². The molecular formula is C24H26FNO5. The Labute approximate surface area is 180 Å². The van der Waals surface area contributed by atoms with Crippen LogP contribution in [0.4, 0.5) is 4.39 Å². The van der Waals surface area contributed by atoms with Gasteiger partial charge in [-0.25, -0.2) is 9.18 Å². The first kappa shape index (κ1) is 22.3. The summed E-state index contributed by atoms with van der Waals surface area (Å²) in [4.78, 5) is 24.1. The molecule has 1 aliphatic rings. The van der Waals surface area contributed by atoms with Crippen molar-refractivity contribution in [2.45, 2.75) is 44.2 Å². The summed E-state index contributed by atoms with van der Waals surface area (Å²) in [5.74, 6) is -0.816. The Morgan fingerprint density at radius 1 is 1.13 bits per heavy atom. The number of amides is 1. The van der Waals surface area contributed by atoms with E-state index in [1.165, 1.54) is 25.3 Å². The number of nitrogens with one attached hydrogen (secondary N) is 1. The first-order chi connectivity index (χ1) is 14.9. The van der Waals surface area contributed by atoms with Crippen molar-refractivity contribution in [3.05, 3.63) is 65.5 Å². The van der Waals surface area contributed by atoms with Gasteiger partial charge in [0.05, 0.1) is 7.11 Å². The van der Waals surface area contributed by atoms with Gasteiger partial charge in [0.25, 0.3) is 0 Å². The average Bonchev–Trinajstić information content (AvgIpc) is 2.77. The smallest absolute Gasteiger partial charge is 0.329 e. The molecule has 1 fully saturated rings. The van der Waals surface area contributed by atoms with Gasteiger partial charge in [-0.2, -0.15) is 0 Å². The molecule has 0 unspecified atom stereocenters. The normalized spacial score (nSPS) is 15.4. The molecule has 31 heavy (non-hydrogen) atoms. The summed E-state index contributed by atoms with van der Waals surface area (Å²) in [5, 5.41) is 12.3. The molecule has 0 heterocycles. The molecule has 0 saturated heterocycles. The van der Waals surface area contributed by atoms with E-state index in [1.807, 2.05) is 0 Å². The van der Waals surface area contributed by atoms with Gasteiger partial charge >= 0.3 is 5.97 Å². The number of benzene rings is 2. The number of carboxylic acids is 1. The molecule has 0 bridgehead atoms. The Hall–Kier alpha value is -3.35. The summed E-state index contributed by atoms with van der Waals surface area (Å²) >= 11 is 0. The third kappa shape index (κ3) is 5.84. The molecule has 0 aliphatic heterocycles. The minimum absolute atomic E-state index is 0.184. The topological polar surface area (TPSA) is 84.9 Å². The first-order valence-corrected chi connectivity index (χ1v) is 10.2. The van der Waals surface area contributed by atoms with Crippen molar-refractivity contribution in [1.82, 2.24) is 5.32 Å². The molecule has 0 radical (unpaired) electrons. The van der Waals surface area contributed by atoms with Crippen molar-refractivity contribution >= 4 is 18.0 Å². The van der Waals surface area contributed by atoms with Crippen molar-refractivity contribution in [1.29, 1.82) is 0 Å². The summed E-state index contributed by atoms with van der Waals surface area (Å²) < 4.78 is 24.4. The molecule has 6 nitrogen and oxygen atoms in total. The van der Waals surface area contributed by atoms with Crippen LogP contribution in [0.3, 0.4) is 0 Å². The van der Waals surface area contributed by atoms with Crippen molar-refractivity contribution in [3.8, 4) is 11.5 Å². The largest absolute Gasteiger partial charge is 0.493 e. The highest BCUT2D eigenvalue weighted by atomic mass is 19.1. The lowest BCUT2D eigenvalue weighted by Gasteiger charge is -2.33. The lowest BCUT2D eigenvalue weighted by molar-refractivity contribution is -0.148. The number of carbonyl (C=O) groups excluding carboxylic acids is 1. The zero-order valence-corrected chi connectivity index (χ0v) is 17.4. The maximum atomic E-state index is 13.3. The van der Waals surface area contributed by atoms with Gasteiger partial charge in [-0.15, -0.1) is 0 Å². The zero-order chi connectivity index (χ0) is 22.3. The Bertz CT molecular complexity index is 966. The van der Waals surface area contributed by atoms with Gasteiger partial charge in [-0.3, -0.25) is 4.79 Å². The van der Waals surface area contributed by atoms with Gasteiger partial charge in [0, 0.05) is 6.08 Å². The third-order valence-corrected chi connectivity index (χ3v) is 5.38. The summed E-state index contributed by atoms with van der Waals surface area (Å²) in [5.41, 5.74) is 0.197. The van der Waals surface area contributed by atoms with Crippen LogP contribution in [0.2, 0.25) is 0 Å². The Morgan fingerprint density at radius 3 is 2.58 bits per heavy atom. The number of carboxylic acid groups (broad SMARTS) is 1. The molecule has 2 aromatic rings. The van der Waals surface area contributed by atoms with Crippen LogP contribution in [0, 0.1) is 5.82 Å². The van der Waals surface area contributed by atoms with Crippen LogP contribution < -0.4 is 14.8 Å². The van der Waals surface area contributed by atoms with Crippen LogP contribution in [-0.4, -0.2) is 29.6 Å². The highest BCUT2D eigenvalue weighted by Crippen LogP contribution is 2.30. The molecule has 3 rings (SSSR count). The molecule has 1 aliphatic carbocycles. The molecule has 1 saturated carbocycles.